The molecule has 128 valence electrons. The largest absolute Gasteiger partial charge is 0.398 e. The molecule has 2 aromatic rings. The number of halogens is 1. The first-order chi connectivity index (χ1) is 12.0. The van der Waals surface area contributed by atoms with Crippen LogP contribution in [-0.2, 0) is 6.42 Å². The number of nitrogens with two attached hydrogens (primary N) is 1. The van der Waals surface area contributed by atoms with Crippen LogP contribution in [0.2, 0.25) is 0 Å². The van der Waals surface area contributed by atoms with Gasteiger partial charge in [-0.1, -0.05) is 24.3 Å². The maximum atomic E-state index is 12.9. The fourth-order valence-electron chi connectivity index (χ4n) is 2.51. The summed E-state index contributed by atoms with van der Waals surface area (Å²) in [6.45, 7) is 5.43. The number of rotatable bonds is 7. The number of hydrogen-bond acceptors (Lipinski definition) is 3. The molecule has 0 aliphatic rings. The van der Waals surface area contributed by atoms with Gasteiger partial charge in [0.2, 0.25) is 0 Å². The number of allylic oxidation sites excluding steroid dienone is 2. The van der Waals surface area contributed by atoms with Gasteiger partial charge in [-0.3, -0.25) is 4.99 Å². The highest BCUT2D eigenvalue weighted by molar-refractivity contribution is 6.12. The van der Waals surface area contributed by atoms with Gasteiger partial charge in [-0.2, -0.15) is 0 Å². The Bertz CT molecular complexity index is 818. The molecule has 0 radical (unpaired) electrons. The topological polar surface area (TPSA) is 62.2 Å². The molecule has 3 nitrogen and oxygen atoms in total. The van der Waals surface area contributed by atoms with Crippen molar-refractivity contribution in [2.24, 2.45) is 4.99 Å². The summed E-state index contributed by atoms with van der Waals surface area (Å²) in [5.41, 5.74) is 10.8. The number of aryl methyl sites for hydroxylation is 2. The normalized spacial score (nSPS) is 11.3. The Morgan fingerprint density at radius 1 is 1.28 bits per heavy atom. The third-order valence-corrected chi connectivity index (χ3v) is 3.90. The Labute approximate surface area is 147 Å². The van der Waals surface area contributed by atoms with Gasteiger partial charge in [0.05, 0.1) is 5.71 Å². The van der Waals surface area contributed by atoms with E-state index in [9.17, 15) is 4.39 Å². The van der Waals surface area contributed by atoms with E-state index in [2.05, 4.69) is 11.7 Å². The lowest BCUT2D eigenvalue weighted by molar-refractivity contribution is 0.628. The van der Waals surface area contributed by atoms with Crippen LogP contribution in [0.3, 0.4) is 0 Å². The summed E-state index contributed by atoms with van der Waals surface area (Å²) in [4.78, 5) is 3.69. The SMILES string of the molecule is C=N/C=C\CCc1cc(C(=N)/C=C/c2ccc(F)cc2)c(N)cc1C. The van der Waals surface area contributed by atoms with Crippen molar-refractivity contribution in [3.8, 4) is 0 Å². The minimum atomic E-state index is -0.277. The van der Waals surface area contributed by atoms with Crippen LogP contribution >= 0.6 is 0 Å². The molecule has 0 aliphatic heterocycles. The van der Waals surface area contributed by atoms with Crippen molar-refractivity contribution in [2.45, 2.75) is 19.8 Å². The molecule has 0 heterocycles. The Kier molecular flexibility index (Phi) is 6.40. The maximum Gasteiger partial charge on any atom is 0.123 e. The van der Waals surface area contributed by atoms with Gasteiger partial charge >= 0.3 is 0 Å². The van der Waals surface area contributed by atoms with Gasteiger partial charge in [-0.15, -0.1) is 0 Å². The molecule has 0 saturated carbocycles. The minimum absolute atomic E-state index is 0.277. The van der Waals surface area contributed by atoms with Crippen LogP contribution in [0.1, 0.15) is 28.7 Å². The monoisotopic (exact) mass is 335 g/mol. The van der Waals surface area contributed by atoms with E-state index in [1.165, 1.54) is 12.1 Å². The van der Waals surface area contributed by atoms with E-state index in [0.29, 0.717) is 17.0 Å². The van der Waals surface area contributed by atoms with Crippen molar-refractivity contribution >= 4 is 24.2 Å². The Morgan fingerprint density at radius 2 is 2.00 bits per heavy atom. The number of benzene rings is 2. The van der Waals surface area contributed by atoms with Crippen molar-refractivity contribution in [3.63, 3.8) is 0 Å². The summed E-state index contributed by atoms with van der Waals surface area (Å²) in [5, 5.41) is 8.29. The minimum Gasteiger partial charge on any atom is -0.398 e. The lowest BCUT2D eigenvalue weighted by Gasteiger charge is -2.11. The highest BCUT2D eigenvalue weighted by Gasteiger charge is 2.08. The number of nitrogen functional groups attached to an aromatic ring is 1. The van der Waals surface area contributed by atoms with Crippen LogP contribution in [0, 0.1) is 18.2 Å². The zero-order chi connectivity index (χ0) is 18.2. The van der Waals surface area contributed by atoms with Gasteiger partial charge in [-0.05, 0) is 73.5 Å². The Morgan fingerprint density at radius 3 is 2.68 bits per heavy atom. The molecule has 0 bridgehead atoms. The van der Waals surface area contributed by atoms with Gasteiger partial charge in [0.15, 0.2) is 0 Å². The third-order valence-electron chi connectivity index (χ3n) is 3.90. The highest BCUT2D eigenvalue weighted by Crippen LogP contribution is 2.21. The van der Waals surface area contributed by atoms with Crippen molar-refractivity contribution in [1.82, 2.24) is 0 Å². The zero-order valence-corrected chi connectivity index (χ0v) is 14.3. The molecule has 0 unspecified atom stereocenters. The summed E-state index contributed by atoms with van der Waals surface area (Å²) in [5.74, 6) is -0.277. The van der Waals surface area contributed by atoms with Crippen LogP contribution in [0.25, 0.3) is 6.08 Å². The molecule has 25 heavy (non-hydrogen) atoms. The smallest absolute Gasteiger partial charge is 0.123 e. The fraction of sp³-hybridized carbons (Fsp3) is 0.143. The summed E-state index contributed by atoms with van der Waals surface area (Å²) in [6, 6.07) is 10.0. The van der Waals surface area contributed by atoms with Crippen molar-refractivity contribution < 1.29 is 4.39 Å². The number of anilines is 1. The van der Waals surface area contributed by atoms with Crippen LogP contribution < -0.4 is 5.73 Å². The number of nitrogens with one attached hydrogen (secondary N) is 1. The van der Waals surface area contributed by atoms with Crippen LogP contribution in [0.4, 0.5) is 10.1 Å². The molecule has 0 atom stereocenters. The van der Waals surface area contributed by atoms with E-state index in [1.54, 1.807) is 30.5 Å². The van der Waals surface area contributed by atoms with Gasteiger partial charge < -0.3 is 11.1 Å². The standard InChI is InChI=1S/C21H22FN3/c1-15-13-21(24)19(14-17(15)5-3-4-12-25-2)20(23)11-8-16-6-9-18(22)10-7-16/h4,6-14,23H,2-3,5,24H2,1H3/b11-8+,12-4-,23-20?. The zero-order valence-electron chi connectivity index (χ0n) is 14.3. The molecular formula is C21H22FN3. The van der Waals surface area contributed by atoms with E-state index in [0.717, 1.165) is 29.5 Å². The molecule has 2 rings (SSSR count). The predicted octanol–water partition coefficient (Wildman–Crippen LogP) is 4.94. The van der Waals surface area contributed by atoms with Crippen molar-refractivity contribution in [1.29, 1.82) is 5.41 Å². The third kappa shape index (κ3) is 5.24. The van der Waals surface area contributed by atoms with E-state index < -0.39 is 0 Å². The molecule has 0 fully saturated rings. The van der Waals surface area contributed by atoms with Crippen LogP contribution in [0.15, 0.2) is 59.7 Å². The molecule has 0 spiro atoms. The van der Waals surface area contributed by atoms with Crippen molar-refractivity contribution in [2.75, 3.05) is 5.73 Å². The molecular weight excluding hydrogens is 313 g/mol. The number of aliphatic imine (C=N–C) groups is 1. The molecule has 4 heteroatoms. The highest BCUT2D eigenvalue weighted by atomic mass is 19.1. The Balaban J connectivity index is 2.18. The van der Waals surface area contributed by atoms with E-state index >= 15 is 0 Å². The summed E-state index contributed by atoms with van der Waals surface area (Å²) in [6.07, 6.45) is 8.80. The van der Waals surface area contributed by atoms with E-state index in [4.69, 9.17) is 11.1 Å². The average molecular weight is 335 g/mol. The second-order valence-corrected chi connectivity index (χ2v) is 5.77. The summed E-state index contributed by atoms with van der Waals surface area (Å²) in [7, 11) is 0. The maximum absolute atomic E-state index is 12.9. The molecule has 0 aromatic heterocycles. The lowest BCUT2D eigenvalue weighted by Crippen LogP contribution is -2.04. The first kappa shape index (κ1) is 18.3. The van der Waals surface area contributed by atoms with E-state index in [1.807, 2.05) is 25.1 Å². The fourth-order valence-corrected chi connectivity index (χ4v) is 2.51. The van der Waals surface area contributed by atoms with Crippen molar-refractivity contribution in [3.05, 3.63) is 82.8 Å². The van der Waals surface area contributed by atoms with Gasteiger partial charge in [0.25, 0.3) is 0 Å². The van der Waals surface area contributed by atoms with Gasteiger partial charge in [-0.25, -0.2) is 4.39 Å². The second-order valence-electron chi connectivity index (χ2n) is 5.77. The molecule has 0 saturated heterocycles. The molecule has 2 aromatic carbocycles. The molecule has 0 aliphatic carbocycles. The molecule has 3 N–H and O–H groups in total. The lowest BCUT2D eigenvalue weighted by atomic mass is 9.96. The van der Waals surface area contributed by atoms with Crippen LogP contribution in [-0.4, -0.2) is 12.4 Å². The van der Waals surface area contributed by atoms with Crippen LogP contribution in [0.5, 0.6) is 0 Å². The number of nitrogens with zero attached hydrogens (tertiary/aromatic N) is 1. The average Bonchev–Trinajstić information content (AvgIpc) is 2.59. The quantitative estimate of drug-likeness (QED) is 0.546. The summed E-state index contributed by atoms with van der Waals surface area (Å²) >= 11 is 0. The summed E-state index contributed by atoms with van der Waals surface area (Å²) < 4.78 is 12.9. The predicted molar refractivity (Wildman–Crippen MR) is 105 cm³/mol. The Hall–Kier alpha value is -3.01. The van der Waals surface area contributed by atoms with Gasteiger partial charge in [0.1, 0.15) is 5.82 Å². The first-order valence-corrected chi connectivity index (χ1v) is 8.03. The molecule has 0 amide bonds. The van der Waals surface area contributed by atoms with Gasteiger partial charge in [0, 0.05) is 17.5 Å². The number of hydrogen-bond donors (Lipinski definition) is 2. The second kappa shape index (κ2) is 8.73. The van der Waals surface area contributed by atoms with E-state index in [-0.39, 0.29) is 5.82 Å². The first-order valence-electron chi connectivity index (χ1n) is 8.03.